The molecule has 0 bridgehead atoms. The Balaban J connectivity index is 1.38. The largest absolute Gasteiger partial charge is 0.508 e. The second kappa shape index (κ2) is 12.0. The predicted molar refractivity (Wildman–Crippen MR) is 234 cm³/mol. The van der Waals surface area contributed by atoms with Crippen LogP contribution in [0.15, 0.2) is 121 Å². The third kappa shape index (κ3) is 5.04. The van der Waals surface area contributed by atoms with Gasteiger partial charge in [-0.15, -0.1) is 5.46 Å². The number of hydrogen-bond acceptors (Lipinski definition) is 2. The van der Waals surface area contributed by atoms with Gasteiger partial charge in [0.25, 0.3) is 0 Å². The van der Waals surface area contributed by atoms with Crippen LogP contribution >= 0.6 is 0 Å². The fourth-order valence-corrected chi connectivity index (χ4v) is 7.82. The zero-order valence-electron chi connectivity index (χ0n) is 29.9. The van der Waals surface area contributed by atoms with Crippen LogP contribution < -0.4 is 21.9 Å². The molecule has 0 saturated carbocycles. The highest BCUT2D eigenvalue weighted by Crippen LogP contribution is 2.44. The van der Waals surface area contributed by atoms with Gasteiger partial charge >= 0.3 is 0 Å². The molecule has 1 N–H and O–H groups in total. The number of phenolic OH excluding ortho intramolecular Hbond substituents is 1. The van der Waals surface area contributed by atoms with Gasteiger partial charge in [-0.2, -0.15) is 0 Å². The zero-order chi connectivity index (χ0) is 34.9. The lowest BCUT2D eigenvalue weighted by molar-refractivity contribution is 0.482. The Morgan fingerprint density at radius 3 is 1.56 bits per heavy atom. The minimum atomic E-state index is -0.143. The fourth-order valence-electron chi connectivity index (χ4n) is 7.82. The van der Waals surface area contributed by atoms with Gasteiger partial charge in [0.15, 0.2) is 0 Å². The summed E-state index contributed by atoms with van der Waals surface area (Å²) in [6.45, 7) is 0. The van der Waals surface area contributed by atoms with E-state index in [1.165, 1.54) is 43.7 Å². The van der Waals surface area contributed by atoms with Gasteiger partial charge in [-0.3, -0.25) is 4.57 Å². The third-order valence-electron chi connectivity index (χ3n) is 10.7. The maximum Gasteiger partial charge on any atom is 0.143 e. The Hall–Kier alpha value is -5.22. The van der Waals surface area contributed by atoms with Gasteiger partial charge in [0.2, 0.25) is 0 Å². The van der Waals surface area contributed by atoms with Crippen molar-refractivity contribution >= 4 is 109 Å². The second-order valence-corrected chi connectivity index (χ2v) is 14.7. The van der Waals surface area contributed by atoms with E-state index >= 15 is 0 Å². The van der Waals surface area contributed by atoms with Gasteiger partial charge in [0.05, 0.1) is 40.4 Å². The van der Waals surface area contributed by atoms with Crippen molar-refractivity contribution in [1.82, 2.24) is 9.55 Å². The molecule has 0 fully saturated rings. The molecule has 50 heavy (non-hydrogen) atoms. The summed E-state index contributed by atoms with van der Waals surface area (Å²) in [6, 6.07) is 43.6. The van der Waals surface area contributed by atoms with Crippen molar-refractivity contribution in [2.45, 2.75) is 5.11 Å². The Labute approximate surface area is 300 Å². The molecule has 0 aliphatic heterocycles. The van der Waals surface area contributed by atoms with Crippen molar-refractivity contribution in [1.29, 1.82) is 0 Å². The maximum atomic E-state index is 11.4. The number of aromatic nitrogens is 2. The highest BCUT2D eigenvalue weighted by Gasteiger charge is 2.25. The topological polar surface area (TPSA) is 38.0 Å². The van der Waals surface area contributed by atoms with Crippen LogP contribution in [0.2, 0.25) is 0 Å². The summed E-state index contributed by atoms with van der Waals surface area (Å²) < 4.78 is 2.33. The summed E-state index contributed by atoms with van der Waals surface area (Å²) in [5, 5.41) is 16.1. The highest BCUT2D eigenvalue weighted by atomic mass is 16.3. The first-order chi connectivity index (χ1) is 24.0. The second-order valence-electron chi connectivity index (χ2n) is 14.7. The van der Waals surface area contributed by atoms with Crippen molar-refractivity contribution in [3.05, 3.63) is 127 Å². The average molecular weight is 635 g/mol. The molecule has 0 aliphatic rings. The molecule has 1 heterocycles. The molecule has 0 atom stereocenters. The van der Waals surface area contributed by atoms with Crippen LogP contribution in [0.1, 0.15) is 5.82 Å². The van der Waals surface area contributed by atoms with E-state index in [4.69, 9.17) is 4.98 Å². The lowest BCUT2D eigenvalue weighted by Gasteiger charge is -2.22. The van der Waals surface area contributed by atoms with E-state index in [-0.39, 0.29) is 5.11 Å². The summed E-state index contributed by atoms with van der Waals surface area (Å²) in [4.78, 5) is 5.11. The van der Waals surface area contributed by atoms with Crippen molar-refractivity contribution in [3.8, 4) is 44.8 Å². The van der Waals surface area contributed by atoms with Crippen molar-refractivity contribution in [2.75, 3.05) is 0 Å². The SMILES string of the molecule is Bc1c(B)c(B)c(-c2cccc(-c3c4ccccc4c(-c4cccc(-n5c(C(B)(B)B)nc6ccccc65)c4)c4ccccc34)c2)c(O)c1B. The van der Waals surface area contributed by atoms with Crippen LogP contribution in [0.5, 0.6) is 5.75 Å². The van der Waals surface area contributed by atoms with Crippen molar-refractivity contribution in [2.24, 2.45) is 0 Å². The van der Waals surface area contributed by atoms with Gasteiger partial charge in [0.1, 0.15) is 37.1 Å². The molecular weight excluding hydrogens is 600 g/mol. The van der Waals surface area contributed by atoms with Crippen LogP contribution in [0.25, 0.3) is 71.6 Å². The number of rotatable bonds is 5. The van der Waals surface area contributed by atoms with Crippen LogP contribution in [0.3, 0.4) is 0 Å². The maximum absolute atomic E-state index is 11.4. The number of imidazole rings is 1. The van der Waals surface area contributed by atoms with E-state index in [0.717, 1.165) is 55.6 Å². The molecule has 1 aromatic heterocycles. The molecule has 10 heteroatoms. The molecule has 0 saturated heterocycles. The van der Waals surface area contributed by atoms with Gasteiger partial charge in [-0.25, -0.2) is 4.98 Å². The van der Waals surface area contributed by atoms with E-state index < -0.39 is 0 Å². The Bertz CT molecular complexity index is 2580. The van der Waals surface area contributed by atoms with Gasteiger partial charge in [-0.1, -0.05) is 112 Å². The molecule has 8 rings (SSSR count). The van der Waals surface area contributed by atoms with E-state index in [2.05, 4.69) is 173 Å². The van der Waals surface area contributed by atoms with Crippen molar-refractivity contribution < 1.29 is 5.11 Å². The number of aromatic hydroxyl groups is 1. The summed E-state index contributed by atoms with van der Waals surface area (Å²) in [5.41, 5.74) is 14.3. The number of nitrogens with zero attached hydrogens (tertiary/aromatic N) is 2. The van der Waals surface area contributed by atoms with Crippen LogP contribution in [-0.2, 0) is 5.11 Å². The number of benzene rings is 7. The van der Waals surface area contributed by atoms with E-state index in [1.54, 1.807) is 0 Å². The van der Waals surface area contributed by atoms with Crippen LogP contribution in [0, 0.1) is 0 Å². The standard InChI is InChI=1S/C40H35B7N2O/c41-34-33(38(50)37(44)36(43)35(34)42)22-10-7-9-21(19-22)31-25-13-1-3-15-27(25)32(28-16-4-2-14-26(28)31)23-11-8-12-24(20-23)49-30-18-6-5-17-29(30)48-39(49)40(45,46)47/h1-20,50H,41-47H2. The first-order valence-corrected chi connectivity index (χ1v) is 17.5. The van der Waals surface area contributed by atoms with Gasteiger partial charge in [0, 0.05) is 11.3 Å². The van der Waals surface area contributed by atoms with E-state index in [1.807, 2.05) is 7.85 Å². The van der Waals surface area contributed by atoms with E-state index in [9.17, 15) is 5.11 Å². The fraction of sp³-hybridized carbons (Fsp3) is 0.0250. The molecule has 7 aromatic carbocycles. The lowest BCUT2D eigenvalue weighted by atomic mass is 9.42. The lowest BCUT2D eigenvalue weighted by Crippen LogP contribution is -2.48. The Morgan fingerprint density at radius 1 is 0.500 bits per heavy atom. The summed E-state index contributed by atoms with van der Waals surface area (Å²) in [6.07, 6.45) is 0. The summed E-state index contributed by atoms with van der Waals surface area (Å²) in [5.74, 6) is 1.41. The first-order valence-electron chi connectivity index (χ1n) is 17.5. The molecule has 0 spiro atoms. The molecule has 3 nitrogen and oxygen atoms in total. The number of para-hydroxylation sites is 2. The zero-order valence-corrected chi connectivity index (χ0v) is 29.9. The summed E-state index contributed by atoms with van der Waals surface area (Å²) in [7, 11) is 15.1. The molecule has 0 unspecified atom stereocenters. The van der Waals surface area contributed by atoms with Gasteiger partial charge < -0.3 is 5.11 Å². The smallest absolute Gasteiger partial charge is 0.143 e. The molecule has 232 valence electrons. The van der Waals surface area contributed by atoms with Gasteiger partial charge in [-0.05, 0) is 79.7 Å². The molecule has 0 radical (unpaired) electrons. The summed E-state index contributed by atoms with van der Waals surface area (Å²) >= 11 is 0. The number of fused-ring (bicyclic) bond motifs is 3. The Morgan fingerprint density at radius 2 is 0.980 bits per heavy atom. The number of hydrogen-bond donors (Lipinski definition) is 1. The molecule has 0 amide bonds. The van der Waals surface area contributed by atoms with E-state index in [0.29, 0.717) is 5.75 Å². The minimum Gasteiger partial charge on any atom is -0.508 e. The Kier molecular flexibility index (Phi) is 7.67. The monoisotopic (exact) mass is 636 g/mol. The molecule has 8 aromatic rings. The highest BCUT2D eigenvalue weighted by molar-refractivity contribution is 6.64. The predicted octanol–water partition coefficient (Wildman–Crippen LogP) is 0.0817. The minimum absolute atomic E-state index is 0.143. The normalized spacial score (nSPS) is 11.8. The van der Waals surface area contributed by atoms with Crippen LogP contribution in [0.4, 0.5) is 0 Å². The molecule has 0 aliphatic carbocycles. The quantitative estimate of drug-likeness (QED) is 0.215. The number of phenols is 1. The first kappa shape index (κ1) is 32.0. The average Bonchev–Trinajstić information content (AvgIpc) is 3.53. The molecular formula is C40H35B7N2O. The van der Waals surface area contributed by atoms with Crippen LogP contribution in [-0.4, -0.2) is 69.6 Å². The third-order valence-corrected chi connectivity index (χ3v) is 10.7. The van der Waals surface area contributed by atoms with Crippen molar-refractivity contribution in [3.63, 3.8) is 0 Å².